The molecule has 0 aliphatic rings. The van der Waals surface area contributed by atoms with E-state index in [-0.39, 0.29) is 28.6 Å². The van der Waals surface area contributed by atoms with E-state index < -0.39 is 24.3 Å². The molecule has 2 aromatic heterocycles. The average Bonchev–Trinajstić information content (AvgIpc) is 3.55. The predicted octanol–water partition coefficient (Wildman–Crippen LogP) is 8.58. The standard InChI is InChI=1S/C26H18ClF3N2O2S2/c27-19-4-1-2-5-20(19)32-21(14-24(31)26(28,29)30)16-7-9-17(10-8-16)25(33)34-15-18-11-12-23(36-18)22-6-3-13-35-22/h1-13,31H,14-15H2. The van der Waals surface area contributed by atoms with E-state index in [9.17, 15) is 18.0 Å². The number of para-hydroxylation sites is 1. The molecule has 1 N–H and O–H groups in total. The zero-order valence-corrected chi connectivity index (χ0v) is 20.9. The van der Waals surface area contributed by atoms with Gasteiger partial charge in [-0.2, -0.15) is 13.2 Å². The van der Waals surface area contributed by atoms with Crippen LogP contribution in [0.25, 0.3) is 9.75 Å². The van der Waals surface area contributed by atoms with Crippen LogP contribution in [0.1, 0.15) is 27.2 Å². The Balaban J connectivity index is 1.49. The molecular formula is C26H18ClF3N2O2S2. The zero-order chi connectivity index (χ0) is 25.7. The molecule has 2 heterocycles. The lowest BCUT2D eigenvalue weighted by Crippen LogP contribution is -2.25. The van der Waals surface area contributed by atoms with Crippen molar-refractivity contribution in [1.29, 1.82) is 5.41 Å². The summed E-state index contributed by atoms with van der Waals surface area (Å²) in [5, 5.41) is 9.69. The Morgan fingerprint density at radius 2 is 1.67 bits per heavy atom. The van der Waals surface area contributed by atoms with E-state index in [0.29, 0.717) is 5.56 Å². The summed E-state index contributed by atoms with van der Waals surface area (Å²) >= 11 is 9.29. The molecule has 0 aliphatic heterocycles. The number of esters is 1. The number of rotatable bonds is 8. The zero-order valence-electron chi connectivity index (χ0n) is 18.5. The van der Waals surface area contributed by atoms with Crippen LogP contribution in [-0.2, 0) is 11.3 Å². The third kappa shape index (κ3) is 6.48. The predicted molar refractivity (Wildman–Crippen MR) is 139 cm³/mol. The van der Waals surface area contributed by atoms with Gasteiger partial charge >= 0.3 is 12.1 Å². The Hall–Kier alpha value is -3.27. The van der Waals surface area contributed by atoms with Crippen LogP contribution in [0.3, 0.4) is 0 Å². The molecule has 10 heteroatoms. The van der Waals surface area contributed by atoms with Crippen LogP contribution in [0.2, 0.25) is 5.02 Å². The van der Waals surface area contributed by atoms with E-state index in [2.05, 4.69) is 4.99 Å². The van der Waals surface area contributed by atoms with Gasteiger partial charge in [0, 0.05) is 21.1 Å². The smallest absolute Gasteiger partial charge is 0.429 e. The van der Waals surface area contributed by atoms with Crippen molar-refractivity contribution in [2.45, 2.75) is 19.2 Å². The molecular weight excluding hydrogens is 529 g/mol. The number of carbonyl (C=O) groups excluding carboxylic acids is 1. The first-order valence-corrected chi connectivity index (χ1v) is 12.6. The van der Waals surface area contributed by atoms with E-state index in [1.807, 2.05) is 29.6 Å². The summed E-state index contributed by atoms with van der Waals surface area (Å²) in [5.41, 5.74) is -0.568. The van der Waals surface area contributed by atoms with Crippen LogP contribution >= 0.6 is 34.3 Å². The molecule has 0 fully saturated rings. The molecule has 36 heavy (non-hydrogen) atoms. The lowest BCUT2D eigenvalue weighted by molar-refractivity contribution is -0.0605. The second-order valence-corrected chi connectivity index (χ2v) is 10.1. The summed E-state index contributed by atoms with van der Waals surface area (Å²) in [6, 6.07) is 20.2. The fourth-order valence-electron chi connectivity index (χ4n) is 3.19. The van der Waals surface area contributed by atoms with Crippen molar-refractivity contribution in [2.24, 2.45) is 4.99 Å². The van der Waals surface area contributed by atoms with Crippen molar-refractivity contribution in [3.63, 3.8) is 0 Å². The van der Waals surface area contributed by atoms with E-state index >= 15 is 0 Å². The molecule has 0 bridgehead atoms. The van der Waals surface area contributed by atoms with Crippen molar-refractivity contribution in [3.05, 3.63) is 99.2 Å². The van der Waals surface area contributed by atoms with Gasteiger partial charge < -0.3 is 10.1 Å². The van der Waals surface area contributed by atoms with Gasteiger partial charge in [-0.3, -0.25) is 4.99 Å². The molecule has 4 rings (SSSR count). The molecule has 184 valence electrons. The minimum Gasteiger partial charge on any atom is -0.456 e. The Labute approximate surface area is 218 Å². The number of thiophene rings is 2. The SMILES string of the molecule is N=C(CC(=Nc1ccccc1Cl)c1ccc(C(=O)OCc2ccc(-c3cccs3)s2)cc1)C(F)(F)F. The molecule has 0 saturated carbocycles. The molecule has 4 nitrogen and oxygen atoms in total. The van der Waals surface area contributed by atoms with Crippen LogP contribution in [0.15, 0.2) is 83.2 Å². The maximum Gasteiger partial charge on any atom is 0.429 e. The molecule has 0 spiro atoms. The lowest BCUT2D eigenvalue weighted by atomic mass is 10.0. The van der Waals surface area contributed by atoms with Gasteiger partial charge in [-0.15, -0.1) is 22.7 Å². The quantitative estimate of drug-likeness (QED) is 0.178. The molecule has 4 aromatic rings. The van der Waals surface area contributed by atoms with Crippen LogP contribution < -0.4 is 0 Å². The first-order chi connectivity index (χ1) is 17.2. The maximum absolute atomic E-state index is 13.1. The largest absolute Gasteiger partial charge is 0.456 e. The summed E-state index contributed by atoms with van der Waals surface area (Å²) in [5.74, 6) is -0.555. The van der Waals surface area contributed by atoms with Gasteiger partial charge in [0.05, 0.1) is 22.0 Å². The minimum absolute atomic E-state index is 0.00466. The van der Waals surface area contributed by atoms with E-state index in [4.69, 9.17) is 21.7 Å². The van der Waals surface area contributed by atoms with Gasteiger partial charge in [0.15, 0.2) is 0 Å². The molecule has 0 atom stereocenters. The molecule has 0 saturated heterocycles. The van der Waals surface area contributed by atoms with Gasteiger partial charge in [-0.05, 0) is 53.4 Å². The van der Waals surface area contributed by atoms with Crippen LogP contribution in [0, 0.1) is 5.41 Å². The molecule has 0 amide bonds. The van der Waals surface area contributed by atoms with Crippen LogP contribution in [0.4, 0.5) is 18.9 Å². The summed E-state index contributed by atoms with van der Waals surface area (Å²) in [6.07, 6.45) is -5.53. The monoisotopic (exact) mass is 546 g/mol. The minimum atomic E-state index is -4.78. The number of alkyl halides is 3. The van der Waals surface area contributed by atoms with Crippen LogP contribution in [-0.4, -0.2) is 23.6 Å². The highest BCUT2D eigenvalue weighted by atomic mass is 35.5. The number of aliphatic imine (C=N–C) groups is 1. The molecule has 0 aliphatic carbocycles. The third-order valence-corrected chi connectivity index (χ3v) is 7.46. The second kappa shape index (κ2) is 11.2. The highest BCUT2D eigenvalue weighted by Gasteiger charge is 2.35. The van der Waals surface area contributed by atoms with Crippen molar-refractivity contribution in [3.8, 4) is 9.75 Å². The van der Waals surface area contributed by atoms with Gasteiger partial charge in [-0.1, -0.05) is 41.9 Å². The van der Waals surface area contributed by atoms with E-state index in [0.717, 1.165) is 14.6 Å². The Morgan fingerprint density at radius 3 is 2.33 bits per heavy atom. The Morgan fingerprint density at radius 1 is 0.944 bits per heavy atom. The Kier molecular flexibility index (Phi) is 8.03. The van der Waals surface area contributed by atoms with E-state index in [1.165, 1.54) is 35.6 Å². The fraction of sp³-hybridized carbons (Fsp3) is 0.115. The van der Waals surface area contributed by atoms with Crippen molar-refractivity contribution >= 4 is 57.4 Å². The van der Waals surface area contributed by atoms with Crippen molar-refractivity contribution in [1.82, 2.24) is 0 Å². The third-order valence-electron chi connectivity index (χ3n) is 5.02. The topological polar surface area (TPSA) is 62.5 Å². The summed E-state index contributed by atoms with van der Waals surface area (Å²) < 4.78 is 44.6. The first kappa shape index (κ1) is 25.8. The van der Waals surface area contributed by atoms with Crippen molar-refractivity contribution < 1.29 is 22.7 Å². The fourth-order valence-corrected chi connectivity index (χ4v) is 5.12. The molecule has 2 aromatic carbocycles. The summed E-state index contributed by atoms with van der Waals surface area (Å²) in [4.78, 5) is 19.9. The summed E-state index contributed by atoms with van der Waals surface area (Å²) in [6.45, 7) is 0.110. The molecule has 0 unspecified atom stereocenters. The van der Waals surface area contributed by atoms with Gasteiger partial charge in [-0.25, -0.2) is 4.79 Å². The highest BCUT2D eigenvalue weighted by molar-refractivity contribution is 7.21. The number of hydrogen-bond donors (Lipinski definition) is 1. The first-order valence-electron chi connectivity index (χ1n) is 10.6. The van der Waals surface area contributed by atoms with Gasteiger partial charge in [0.2, 0.25) is 0 Å². The number of halogens is 4. The van der Waals surface area contributed by atoms with E-state index in [1.54, 1.807) is 35.6 Å². The van der Waals surface area contributed by atoms with Crippen LogP contribution in [0.5, 0.6) is 0 Å². The average molecular weight is 547 g/mol. The highest BCUT2D eigenvalue weighted by Crippen LogP contribution is 2.32. The van der Waals surface area contributed by atoms with Crippen molar-refractivity contribution in [2.75, 3.05) is 0 Å². The number of carbonyl (C=O) groups is 1. The lowest BCUT2D eigenvalue weighted by Gasteiger charge is -2.12. The normalized spacial score (nSPS) is 11.9. The summed E-state index contributed by atoms with van der Waals surface area (Å²) in [7, 11) is 0. The number of ether oxygens (including phenoxy) is 1. The number of hydrogen-bond acceptors (Lipinski definition) is 6. The molecule has 0 radical (unpaired) electrons. The second-order valence-electron chi connectivity index (χ2n) is 7.56. The Bertz CT molecular complexity index is 1400. The number of nitrogens with one attached hydrogen (secondary N) is 1. The van der Waals surface area contributed by atoms with Gasteiger partial charge in [0.1, 0.15) is 12.3 Å². The number of benzene rings is 2. The van der Waals surface area contributed by atoms with Gasteiger partial charge in [0.25, 0.3) is 0 Å². The number of nitrogens with zero attached hydrogens (tertiary/aromatic N) is 1. The maximum atomic E-state index is 13.1.